The van der Waals surface area contributed by atoms with Gasteiger partial charge in [0.25, 0.3) is 5.91 Å². The molecule has 134 valence electrons. The van der Waals surface area contributed by atoms with Crippen molar-refractivity contribution in [3.05, 3.63) is 72.8 Å². The number of para-hydroxylation sites is 1. The maximum Gasteiger partial charge on any atom is 0.282 e. The smallest absolute Gasteiger partial charge is 0.282 e. The molecule has 1 amide bonds. The number of rotatable bonds is 7. The molecule has 0 aliphatic heterocycles. The standard InChI is InChI=1S/C22H24N2O2/c1-17(24(2)14-15-26-21-10-4-3-5-11-21)22(25)23-20-13-12-18-8-6-7-9-19(18)16-20/h3-13,16-17H,14-15H2,1-2H3,(H,23,25)/p+1/t17-/m0/s1. The Morgan fingerprint density at radius 1 is 1.00 bits per heavy atom. The summed E-state index contributed by atoms with van der Waals surface area (Å²) in [6, 6.07) is 23.7. The summed E-state index contributed by atoms with van der Waals surface area (Å²) >= 11 is 0. The van der Waals surface area contributed by atoms with Crippen molar-refractivity contribution in [3.8, 4) is 5.75 Å². The molecule has 0 fully saturated rings. The number of anilines is 1. The predicted octanol–water partition coefficient (Wildman–Crippen LogP) is 2.76. The number of amides is 1. The van der Waals surface area contributed by atoms with Gasteiger partial charge >= 0.3 is 0 Å². The molecule has 0 aliphatic carbocycles. The highest BCUT2D eigenvalue weighted by Gasteiger charge is 2.21. The molecule has 0 saturated carbocycles. The zero-order chi connectivity index (χ0) is 18.4. The van der Waals surface area contributed by atoms with E-state index in [-0.39, 0.29) is 11.9 Å². The summed E-state index contributed by atoms with van der Waals surface area (Å²) in [6.07, 6.45) is 0. The number of fused-ring (bicyclic) bond motifs is 1. The molecular weight excluding hydrogens is 324 g/mol. The van der Waals surface area contributed by atoms with Crippen LogP contribution in [0.4, 0.5) is 5.69 Å². The highest BCUT2D eigenvalue weighted by atomic mass is 16.5. The molecule has 0 spiro atoms. The van der Waals surface area contributed by atoms with Gasteiger partial charge in [-0.2, -0.15) is 0 Å². The van der Waals surface area contributed by atoms with Gasteiger partial charge in [0.1, 0.15) is 18.9 Å². The van der Waals surface area contributed by atoms with Crippen molar-refractivity contribution in [1.82, 2.24) is 0 Å². The van der Waals surface area contributed by atoms with E-state index in [2.05, 4.69) is 11.4 Å². The van der Waals surface area contributed by atoms with Gasteiger partial charge in [-0.1, -0.05) is 48.5 Å². The minimum absolute atomic E-state index is 0.0116. The molecule has 0 bridgehead atoms. The van der Waals surface area contributed by atoms with Gasteiger partial charge in [-0.3, -0.25) is 4.79 Å². The Hall–Kier alpha value is -2.85. The summed E-state index contributed by atoms with van der Waals surface area (Å²) < 4.78 is 5.72. The van der Waals surface area contributed by atoms with Crippen LogP contribution in [0.3, 0.4) is 0 Å². The van der Waals surface area contributed by atoms with Crippen LogP contribution in [-0.4, -0.2) is 32.1 Å². The van der Waals surface area contributed by atoms with Crippen LogP contribution in [0.2, 0.25) is 0 Å². The summed E-state index contributed by atoms with van der Waals surface area (Å²) in [7, 11) is 2.01. The number of carbonyl (C=O) groups excluding carboxylic acids is 1. The summed E-state index contributed by atoms with van der Waals surface area (Å²) in [5, 5.41) is 5.31. The third-order valence-corrected chi connectivity index (χ3v) is 4.66. The fourth-order valence-electron chi connectivity index (χ4n) is 2.80. The van der Waals surface area contributed by atoms with E-state index in [0.717, 1.165) is 28.3 Å². The Labute approximate surface area is 154 Å². The van der Waals surface area contributed by atoms with E-state index >= 15 is 0 Å². The Morgan fingerprint density at radius 2 is 1.69 bits per heavy atom. The highest BCUT2D eigenvalue weighted by molar-refractivity contribution is 5.96. The van der Waals surface area contributed by atoms with Crippen molar-refractivity contribution >= 4 is 22.4 Å². The molecule has 4 nitrogen and oxygen atoms in total. The minimum Gasteiger partial charge on any atom is -0.488 e. The van der Waals surface area contributed by atoms with E-state index < -0.39 is 0 Å². The topological polar surface area (TPSA) is 42.8 Å². The van der Waals surface area contributed by atoms with E-state index in [1.165, 1.54) is 5.39 Å². The van der Waals surface area contributed by atoms with E-state index in [0.29, 0.717) is 6.61 Å². The van der Waals surface area contributed by atoms with Crippen LogP contribution < -0.4 is 15.0 Å². The molecule has 3 aromatic rings. The minimum atomic E-state index is -0.166. The van der Waals surface area contributed by atoms with Gasteiger partial charge in [-0.25, -0.2) is 0 Å². The average molecular weight is 349 g/mol. The molecule has 4 heteroatoms. The lowest BCUT2D eigenvalue weighted by Crippen LogP contribution is -3.14. The van der Waals surface area contributed by atoms with E-state index in [1.807, 2.05) is 80.7 Å². The molecule has 1 unspecified atom stereocenters. The van der Waals surface area contributed by atoms with Gasteiger partial charge in [-0.15, -0.1) is 0 Å². The normalized spacial score (nSPS) is 13.2. The third-order valence-electron chi connectivity index (χ3n) is 4.66. The van der Waals surface area contributed by atoms with Gasteiger partial charge in [0.2, 0.25) is 0 Å². The van der Waals surface area contributed by atoms with Crippen molar-refractivity contribution in [2.45, 2.75) is 13.0 Å². The van der Waals surface area contributed by atoms with Crippen LogP contribution in [0.25, 0.3) is 10.8 Å². The summed E-state index contributed by atoms with van der Waals surface area (Å²) in [4.78, 5) is 13.7. The summed E-state index contributed by atoms with van der Waals surface area (Å²) in [6.45, 7) is 3.26. The Morgan fingerprint density at radius 3 is 2.46 bits per heavy atom. The lowest BCUT2D eigenvalue weighted by Gasteiger charge is -2.21. The first kappa shape index (κ1) is 18.0. The lowest BCUT2D eigenvalue weighted by atomic mass is 10.1. The number of hydrogen-bond donors (Lipinski definition) is 2. The van der Waals surface area contributed by atoms with Crippen LogP contribution in [0.15, 0.2) is 72.8 Å². The average Bonchev–Trinajstić information content (AvgIpc) is 2.68. The molecule has 3 rings (SSSR count). The summed E-state index contributed by atoms with van der Waals surface area (Å²) in [5.41, 5.74) is 0.828. The van der Waals surface area contributed by atoms with Crippen molar-refractivity contribution in [1.29, 1.82) is 0 Å². The number of hydrogen-bond acceptors (Lipinski definition) is 2. The maximum atomic E-state index is 12.6. The van der Waals surface area contributed by atoms with Gasteiger partial charge in [0, 0.05) is 5.69 Å². The molecular formula is C22H25N2O2+. The van der Waals surface area contributed by atoms with Crippen molar-refractivity contribution in [2.75, 3.05) is 25.5 Å². The molecule has 26 heavy (non-hydrogen) atoms. The number of benzene rings is 3. The first-order valence-corrected chi connectivity index (χ1v) is 8.93. The third kappa shape index (κ3) is 4.61. The zero-order valence-corrected chi connectivity index (χ0v) is 15.2. The molecule has 2 atom stereocenters. The van der Waals surface area contributed by atoms with Crippen LogP contribution in [0.5, 0.6) is 5.75 Å². The van der Waals surface area contributed by atoms with Crippen molar-refractivity contribution in [3.63, 3.8) is 0 Å². The van der Waals surface area contributed by atoms with E-state index in [4.69, 9.17) is 4.74 Å². The van der Waals surface area contributed by atoms with Crippen molar-refractivity contribution in [2.24, 2.45) is 0 Å². The Balaban J connectivity index is 1.52. The fourth-order valence-corrected chi connectivity index (χ4v) is 2.80. The maximum absolute atomic E-state index is 12.6. The van der Waals surface area contributed by atoms with Gasteiger partial charge in [0.15, 0.2) is 6.04 Å². The van der Waals surface area contributed by atoms with Gasteiger partial charge < -0.3 is 15.0 Å². The number of quaternary nitrogens is 1. The number of ether oxygens (including phenoxy) is 1. The predicted molar refractivity (Wildman–Crippen MR) is 106 cm³/mol. The fraction of sp³-hybridized carbons (Fsp3) is 0.227. The number of nitrogens with one attached hydrogen (secondary N) is 2. The summed E-state index contributed by atoms with van der Waals surface area (Å²) in [5.74, 6) is 0.867. The second-order valence-electron chi connectivity index (χ2n) is 6.53. The molecule has 0 saturated heterocycles. The van der Waals surface area contributed by atoms with E-state index in [1.54, 1.807) is 0 Å². The van der Waals surface area contributed by atoms with Crippen LogP contribution in [0, 0.1) is 0 Å². The monoisotopic (exact) mass is 349 g/mol. The first-order valence-electron chi connectivity index (χ1n) is 8.93. The van der Waals surface area contributed by atoms with Crippen LogP contribution in [-0.2, 0) is 4.79 Å². The first-order chi connectivity index (χ1) is 12.6. The number of carbonyl (C=O) groups is 1. The molecule has 3 aromatic carbocycles. The number of likely N-dealkylation sites (N-methyl/N-ethyl adjacent to an activating group) is 1. The van der Waals surface area contributed by atoms with Crippen LogP contribution >= 0.6 is 0 Å². The zero-order valence-electron chi connectivity index (χ0n) is 15.2. The van der Waals surface area contributed by atoms with Crippen LogP contribution in [0.1, 0.15) is 6.92 Å². The Kier molecular flexibility index (Phi) is 5.87. The highest BCUT2D eigenvalue weighted by Crippen LogP contribution is 2.18. The molecule has 0 aromatic heterocycles. The van der Waals surface area contributed by atoms with Gasteiger partial charge in [0.05, 0.1) is 7.05 Å². The van der Waals surface area contributed by atoms with Gasteiger partial charge in [-0.05, 0) is 42.0 Å². The quantitative estimate of drug-likeness (QED) is 0.689. The molecule has 2 N–H and O–H groups in total. The largest absolute Gasteiger partial charge is 0.488 e. The molecule has 0 radical (unpaired) electrons. The molecule has 0 heterocycles. The lowest BCUT2D eigenvalue weighted by molar-refractivity contribution is -0.894. The SMILES string of the molecule is C[C@@H](C(=O)Nc1ccc2ccccc2c1)[NH+](C)CCOc1ccccc1. The second kappa shape index (κ2) is 8.50. The van der Waals surface area contributed by atoms with Crippen molar-refractivity contribution < 1.29 is 14.4 Å². The molecule has 0 aliphatic rings. The second-order valence-corrected chi connectivity index (χ2v) is 6.53. The van der Waals surface area contributed by atoms with E-state index in [9.17, 15) is 4.79 Å². The Bertz CT molecular complexity index is 864.